The fraction of sp³-hybridized carbons (Fsp3) is 0. The molecule has 18 heavy (non-hydrogen) atoms. The highest BCUT2D eigenvalue weighted by molar-refractivity contribution is 5.89. The average Bonchev–Trinajstić information content (AvgIpc) is 2.82. The fourth-order valence-electron chi connectivity index (χ4n) is 1.73. The number of nitrogens with zero attached hydrogens (tertiary/aromatic N) is 4. The standard InChI is InChI=1S/C12H8N4O2/c17-11(18)9-4-1-3-8(7-9)10-14-15-12-13-5-2-6-16(10)12/h1-7H,(H,17,18). The number of carboxylic acid groups (broad SMARTS) is 1. The molecular weight excluding hydrogens is 232 g/mol. The fourth-order valence-corrected chi connectivity index (χ4v) is 1.73. The normalized spacial score (nSPS) is 10.7. The quantitative estimate of drug-likeness (QED) is 0.734. The van der Waals surface area contributed by atoms with Crippen LogP contribution < -0.4 is 0 Å². The summed E-state index contributed by atoms with van der Waals surface area (Å²) in [5.41, 5.74) is 0.906. The van der Waals surface area contributed by atoms with E-state index < -0.39 is 5.97 Å². The van der Waals surface area contributed by atoms with Gasteiger partial charge in [-0.1, -0.05) is 12.1 Å². The predicted molar refractivity (Wildman–Crippen MR) is 63.2 cm³/mol. The first kappa shape index (κ1) is 10.4. The smallest absolute Gasteiger partial charge is 0.335 e. The van der Waals surface area contributed by atoms with Crippen molar-refractivity contribution in [3.05, 3.63) is 48.3 Å². The molecule has 3 aromatic rings. The van der Waals surface area contributed by atoms with Crippen LogP contribution in [0.25, 0.3) is 17.2 Å². The molecule has 88 valence electrons. The second kappa shape index (κ2) is 3.92. The Labute approximate surface area is 102 Å². The minimum atomic E-state index is -0.969. The topological polar surface area (TPSA) is 80.4 Å². The maximum absolute atomic E-state index is 10.9. The highest BCUT2D eigenvalue weighted by atomic mass is 16.4. The van der Waals surface area contributed by atoms with Gasteiger partial charge in [-0.3, -0.25) is 4.40 Å². The zero-order chi connectivity index (χ0) is 12.5. The maximum Gasteiger partial charge on any atom is 0.335 e. The maximum atomic E-state index is 10.9. The van der Waals surface area contributed by atoms with E-state index in [2.05, 4.69) is 15.2 Å². The Morgan fingerprint density at radius 2 is 2.11 bits per heavy atom. The number of carbonyl (C=O) groups is 1. The van der Waals surface area contributed by atoms with Crippen LogP contribution in [0.5, 0.6) is 0 Å². The SMILES string of the molecule is O=C(O)c1cccc(-c2nnc3ncccn23)c1. The lowest BCUT2D eigenvalue weighted by atomic mass is 10.1. The van der Waals surface area contributed by atoms with Crippen LogP contribution in [0.2, 0.25) is 0 Å². The van der Waals surface area contributed by atoms with Gasteiger partial charge in [0.25, 0.3) is 5.78 Å². The van der Waals surface area contributed by atoms with E-state index in [0.29, 0.717) is 17.2 Å². The molecule has 0 unspecified atom stereocenters. The summed E-state index contributed by atoms with van der Waals surface area (Å²) in [4.78, 5) is 15.0. The number of aromatic carboxylic acids is 1. The second-order valence-electron chi connectivity index (χ2n) is 3.70. The molecule has 0 saturated carbocycles. The van der Waals surface area contributed by atoms with Crippen molar-refractivity contribution in [2.45, 2.75) is 0 Å². The first-order chi connectivity index (χ1) is 8.75. The number of carboxylic acids is 1. The first-order valence-electron chi connectivity index (χ1n) is 5.25. The van der Waals surface area contributed by atoms with Gasteiger partial charge in [-0.15, -0.1) is 10.2 Å². The zero-order valence-corrected chi connectivity index (χ0v) is 9.19. The Hall–Kier alpha value is -2.76. The Bertz CT molecular complexity index is 736. The van der Waals surface area contributed by atoms with Crippen molar-refractivity contribution in [3.63, 3.8) is 0 Å². The van der Waals surface area contributed by atoms with Gasteiger partial charge < -0.3 is 5.11 Å². The lowest BCUT2D eigenvalue weighted by Gasteiger charge is -2.00. The highest BCUT2D eigenvalue weighted by Gasteiger charge is 2.10. The third kappa shape index (κ3) is 1.60. The third-order valence-corrected chi connectivity index (χ3v) is 2.56. The van der Waals surface area contributed by atoms with Gasteiger partial charge in [0.05, 0.1) is 5.56 Å². The van der Waals surface area contributed by atoms with Crippen LogP contribution in [-0.2, 0) is 0 Å². The monoisotopic (exact) mass is 240 g/mol. The molecule has 2 heterocycles. The van der Waals surface area contributed by atoms with E-state index in [0.717, 1.165) is 0 Å². The molecule has 6 nitrogen and oxygen atoms in total. The lowest BCUT2D eigenvalue weighted by Crippen LogP contribution is -1.97. The van der Waals surface area contributed by atoms with Crippen LogP contribution in [0.4, 0.5) is 0 Å². The summed E-state index contributed by atoms with van der Waals surface area (Å²) in [6.45, 7) is 0. The summed E-state index contributed by atoms with van der Waals surface area (Å²) in [6.07, 6.45) is 3.41. The molecule has 0 aliphatic carbocycles. The van der Waals surface area contributed by atoms with E-state index in [1.165, 1.54) is 6.07 Å². The van der Waals surface area contributed by atoms with Gasteiger partial charge in [-0.05, 0) is 18.2 Å². The average molecular weight is 240 g/mol. The first-order valence-corrected chi connectivity index (χ1v) is 5.25. The molecule has 6 heteroatoms. The summed E-state index contributed by atoms with van der Waals surface area (Å²) < 4.78 is 1.71. The molecule has 0 aliphatic rings. The van der Waals surface area contributed by atoms with E-state index in [1.54, 1.807) is 41.1 Å². The molecular formula is C12H8N4O2. The molecule has 0 spiro atoms. The van der Waals surface area contributed by atoms with E-state index in [1.807, 2.05) is 0 Å². The van der Waals surface area contributed by atoms with Crippen LogP contribution in [0.3, 0.4) is 0 Å². The van der Waals surface area contributed by atoms with Crippen LogP contribution in [0.1, 0.15) is 10.4 Å². The zero-order valence-electron chi connectivity index (χ0n) is 9.19. The molecule has 0 atom stereocenters. The largest absolute Gasteiger partial charge is 0.478 e. The molecule has 1 aromatic carbocycles. The highest BCUT2D eigenvalue weighted by Crippen LogP contribution is 2.18. The predicted octanol–water partition coefficient (Wildman–Crippen LogP) is 1.49. The number of benzene rings is 1. The van der Waals surface area contributed by atoms with Crippen molar-refractivity contribution in [2.24, 2.45) is 0 Å². The van der Waals surface area contributed by atoms with Gasteiger partial charge in [0.15, 0.2) is 5.82 Å². The summed E-state index contributed by atoms with van der Waals surface area (Å²) in [6, 6.07) is 8.33. The van der Waals surface area contributed by atoms with Gasteiger partial charge in [0.2, 0.25) is 0 Å². The number of rotatable bonds is 2. The molecule has 1 N–H and O–H groups in total. The number of aromatic nitrogens is 4. The summed E-state index contributed by atoms with van der Waals surface area (Å²) >= 11 is 0. The molecule has 3 rings (SSSR count). The molecule has 0 aliphatic heterocycles. The van der Waals surface area contributed by atoms with Gasteiger partial charge >= 0.3 is 5.97 Å². The molecule has 0 amide bonds. The third-order valence-electron chi connectivity index (χ3n) is 2.56. The van der Waals surface area contributed by atoms with Crippen molar-refractivity contribution in [1.82, 2.24) is 19.6 Å². The second-order valence-corrected chi connectivity index (χ2v) is 3.70. The van der Waals surface area contributed by atoms with E-state index >= 15 is 0 Å². The number of hydrogen-bond acceptors (Lipinski definition) is 4. The molecule has 2 aromatic heterocycles. The Balaban J connectivity index is 2.20. The minimum absolute atomic E-state index is 0.216. The molecule has 0 fully saturated rings. The summed E-state index contributed by atoms with van der Waals surface area (Å²) in [7, 11) is 0. The molecule has 0 radical (unpaired) electrons. The van der Waals surface area contributed by atoms with Crippen LogP contribution >= 0.6 is 0 Å². The van der Waals surface area contributed by atoms with E-state index in [-0.39, 0.29) is 5.56 Å². The van der Waals surface area contributed by atoms with Crippen molar-refractivity contribution in [3.8, 4) is 11.4 Å². The van der Waals surface area contributed by atoms with Crippen LogP contribution in [-0.4, -0.2) is 30.7 Å². The van der Waals surface area contributed by atoms with Gasteiger partial charge in [-0.2, -0.15) is 0 Å². The molecule has 0 saturated heterocycles. The summed E-state index contributed by atoms with van der Waals surface area (Å²) in [5.74, 6) is 0.0817. The van der Waals surface area contributed by atoms with E-state index in [4.69, 9.17) is 5.11 Å². The summed E-state index contributed by atoms with van der Waals surface area (Å²) in [5, 5.41) is 16.9. The van der Waals surface area contributed by atoms with Crippen molar-refractivity contribution >= 4 is 11.7 Å². The van der Waals surface area contributed by atoms with Gasteiger partial charge in [0.1, 0.15) is 0 Å². The van der Waals surface area contributed by atoms with Gasteiger partial charge in [-0.25, -0.2) is 9.78 Å². The Morgan fingerprint density at radius 3 is 2.94 bits per heavy atom. The lowest BCUT2D eigenvalue weighted by molar-refractivity contribution is 0.0697. The Morgan fingerprint density at radius 1 is 1.22 bits per heavy atom. The van der Waals surface area contributed by atoms with Crippen molar-refractivity contribution in [1.29, 1.82) is 0 Å². The van der Waals surface area contributed by atoms with Crippen LogP contribution in [0.15, 0.2) is 42.7 Å². The van der Waals surface area contributed by atoms with Gasteiger partial charge in [0, 0.05) is 18.0 Å². The minimum Gasteiger partial charge on any atom is -0.478 e. The van der Waals surface area contributed by atoms with Crippen LogP contribution in [0, 0.1) is 0 Å². The van der Waals surface area contributed by atoms with E-state index in [9.17, 15) is 4.79 Å². The van der Waals surface area contributed by atoms with Crippen molar-refractivity contribution in [2.75, 3.05) is 0 Å². The number of hydrogen-bond donors (Lipinski definition) is 1. The number of fused-ring (bicyclic) bond motifs is 1. The molecule has 0 bridgehead atoms. The Kier molecular flexibility index (Phi) is 2.26. The van der Waals surface area contributed by atoms with Crippen molar-refractivity contribution < 1.29 is 9.90 Å².